The third-order valence-corrected chi connectivity index (χ3v) is 2.31. The maximum absolute atomic E-state index is 11.6. The van der Waals surface area contributed by atoms with Gasteiger partial charge in [0.05, 0.1) is 0 Å². The lowest BCUT2D eigenvalue weighted by Gasteiger charge is -1.98. The predicted molar refractivity (Wildman–Crippen MR) is 63.8 cm³/mol. The van der Waals surface area contributed by atoms with Crippen molar-refractivity contribution in [3.63, 3.8) is 0 Å². The van der Waals surface area contributed by atoms with E-state index in [4.69, 9.17) is 4.52 Å². The van der Waals surface area contributed by atoms with Gasteiger partial charge in [0.25, 0.3) is 0 Å². The number of H-pyrrole nitrogens is 1. The van der Waals surface area contributed by atoms with E-state index in [1.165, 1.54) is 0 Å². The van der Waals surface area contributed by atoms with E-state index < -0.39 is 0 Å². The highest BCUT2D eigenvalue weighted by Crippen LogP contribution is 2.04. The molecule has 2 aromatic heterocycles. The molecule has 1 amide bonds. The van der Waals surface area contributed by atoms with E-state index in [9.17, 15) is 4.79 Å². The number of nitrogens with zero attached hydrogens (tertiary/aromatic N) is 3. The summed E-state index contributed by atoms with van der Waals surface area (Å²) in [6.07, 6.45) is 5.70. The molecule has 0 bridgehead atoms. The molecular weight excluding hydrogens is 234 g/mol. The summed E-state index contributed by atoms with van der Waals surface area (Å²) in [4.78, 5) is 22.4. The summed E-state index contributed by atoms with van der Waals surface area (Å²) < 4.78 is 5.04. The van der Waals surface area contributed by atoms with Crippen LogP contribution in [0.4, 0.5) is 5.95 Å². The molecule has 0 aromatic carbocycles. The van der Waals surface area contributed by atoms with Crippen LogP contribution in [0.25, 0.3) is 0 Å². The number of imidazole rings is 1. The summed E-state index contributed by atoms with van der Waals surface area (Å²) in [5.41, 5.74) is 0. The van der Waals surface area contributed by atoms with Crippen LogP contribution in [0.2, 0.25) is 0 Å². The Balaban J connectivity index is 1.78. The van der Waals surface area contributed by atoms with Gasteiger partial charge in [0.2, 0.25) is 17.7 Å². The second kappa shape index (κ2) is 5.95. The van der Waals surface area contributed by atoms with Crippen LogP contribution in [0.3, 0.4) is 0 Å². The second-order valence-corrected chi connectivity index (χ2v) is 3.84. The molecule has 18 heavy (non-hydrogen) atoms. The van der Waals surface area contributed by atoms with Gasteiger partial charge in [-0.15, -0.1) is 0 Å². The van der Waals surface area contributed by atoms with Gasteiger partial charge in [0.1, 0.15) is 0 Å². The third kappa shape index (κ3) is 3.41. The van der Waals surface area contributed by atoms with E-state index in [2.05, 4.69) is 25.4 Å². The largest absolute Gasteiger partial charge is 0.339 e. The predicted octanol–water partition coefficient (Wildman–Crippen LogP) is 1.32. The van der Waals surface area contributed by atoms with Crippen LogP contribution < -0.4 is 5.32 Å². The summed E-state index contributed by atoms with van der Waals surface area (Å²) in [5.74, 6) is 1.49. The maximum atomic E-state index is 11.6. The van der Waals surface area contributed by atoms with E-state index in [0.29, 0.717) is 24.1 Å². The average molecular weight is 249 g/mol. The number of hydrogen-bond acceptors (Lipinski definition) is 5. The zero-order valence-corrected chi connectivity index (χ0v) is 10.1. The minimum atomic E-state index is -0.139. The first-order chi connectivity index (χ1) is 8.78. The Morgan fingerprint density at radius 2 is 2.39 bits per heavy atom. The molecule has 2 rings (SSSR count). The van der Waals surface area contributed by atoms with Crippen molar-refractivity contribution in [2.75, 3.05) is 5.32 Å². The molecule has 0 spiro atoms. The van der Waals surface area contributed by atoms with E-state index in [1.807, 2.05) is 6.92 Å². The summed E-state index contributed by atoms with van der Waals surface area (Å²) in [6, 6.07) is 0. The lowest BCUT2D eigenvalue weighted by atomic mass is 10.3. The van der Waals surface area contributed by atoms with Crippen LogP contribution in [-0.2, 0) is 17.6 Å². The molecule has 0 aliphatic rings. The summed E-state index contributed by atoms with van der Waals surface area (Å²) >= 11 is 0. The van der Waals surface area contributed by atoms with Crippen molar-refractivity contribution in [3.8, 4) is 0 Å². The first-order valence-electron chi connectivity index (χ1n) is 5.88. The number of aromatic nitrogens is 4. The first-order valence-corrected chi connectivity index (χ1v) is 5.88. The molecule has 2 heterocycles. The Labute approximate surface area is 104 Å². The SMILES string of the molecule is CCCc1noc(CCC(=O)Nc2ncc[nH]2)n1. The van der Waals surface area contributed by atoms with Gasteiger partial charge in [0, 0.05) is 31.7 Å². The molecule has 0 atom stereocenters. The molecular formula is C11H15N5O2. The third-order valence-electron chi connectivity index (χ3n) is 2.31. The van der Waals surface area contributed by atoms with Crippen molar-refractivity contribution in [2.24, 2.45) is 0 Å². The summed E-state index contributed by atoms with van der Waals surface area (Å²) in [5, 5.41) is 6.45. The van der Waals surface area contributed by atoms with Crippen LogP contribution in [0.5, 0.6) is 0 Å². The molecule has 0 saturated heterocycles. The van der Waals surface area contributed by atoms with Gasteiger partial charge in [0.15, 0.2) is 5.82 Å². The number of anilines is 1. The van der Waals surface area contributed by atoms with E-state index >= 15 is 0 Å². The fourth-order valence-electron chi connectivity index (χ4n) is 1.47. The minimum Gasteiger partial charge on any atom is -0.339 e. The highest BCUT2D eigenvalue weighted by molar-refractivity contribution is 5.88. The van der Waals surface area contributed by atoms with Crippen molar-refractivity contribution >= 4 is 11.9 Å². The number of aryl methyl sites for hydroxylation is 2. The highest BCUT2D eigenvalue weighted by atomic mass is 16.5. The molecule has 7 heteroatoms. The molecule has 2 aromatic rings. The Hall–Kier alpha value is -2.18. The normalized spacial score (nSPS) is 10.5. The van der Waals surface area contributed by atoms with Gasteiger partial charge in [-0.2, -0.15) is 4.98 Å². The quantitative estimate of drug-likeness (QED) is 0.804. The van der Waals surface area contributed by atoms with Crippen LogP contribution in [0.1, 0.15) is 31.5 Å². The van der Waals surface area contributed by atoms with Crippen molar-refractivity contribution in [1.82, 2.24) is 20.1 Å². The van der Waals surface area contributed by atoms with Crippen LogP contribution >= 0.6 is 0 Å². The van der Waals surface area contributed by atoms with Gasteiger partial charge in [-0.3, -0.25) is 10.1 Å². The standard InChI is InChI=1S/C11H15N5O2/c1-2-3-8-14-10(18-16-8)5-4-9(17)15-11-12-6-7-13-11/h6-7H,2-5H2,1H3,(H2,12,13,15,17). The van der Waals surface area contributed by atoms with Crippen molar-refractivity contribution in [3.05, 3.63) is 24.1 Å². The first kappa shape index (κ1) is 12.3. The smallest absolute Gasteiger partial charge is 0.227 e. The number of rotatable bonds is 6. The Morgan fingerprint density at radius 1 is 1.50 bits per heavy atom. The van der Waals surface area contributed by atoms with Crippen LogP contribution in [0.15, 0.2) is 16.9 Å². The molecule has 0 aliphatic carbocycles. The molecule has 0 radical (unpaired) electrons. The second-order valence-electron chi connectivity index (χ2n) is 3.84. The topological polar surface area (TPSA) is 96.7 Å². The lowest BCUT2D eigenvalue weighted by molar-refractivity contribution is -0.116. The van der Waals surface area contributed by atoms with E-state index in [-0.39, 0.29) is 12.3 Å². The fraction of sp³-hybridized carbons (Fsp3) is 0.455. The van der Waals surface area contributed by atoms with Gasteiger partial charge in [-0.05, 0) is 6.42 Å². The minimum absolute atomic E-state index is 0.139. The van der Waals surface area contributed by atoms with Crippen LogP contribution in [-0.4, -0.2) is 26.0 Å². The van der Waals surface area contributed by atoms with Gasteiger partial charge >= 0.3 is 0 Å². The number of hydrogen-bond donors (Lipinski definition) is 2. The van der Waals surface area contributed by atoms with Gasteiger partial charge < -0.3 is 9.51 Å². The van der Waals surface area contributed by atoms with E-state index in [1.54, 1.807) is 12.4 Å². The van der Waals surface area contributed by atoms with Crippen molar-refractivity contribution < 1.29 is 9.32 Å². The highest BCUT2D eigenvalue weighted by Gasteiger charge is 2.09. The molecule has 0 fully saturated rings. The number of nitrogens with one attached hydrogen (secondary N) is 2. The monoisotopic (exact) mass is 249 g/mol. The number of aromatic amines is 1. The molecule has 0 unspecified atom stereocenters. The molecule has 7 nitrogen and oxygen atoms in total. The zero-order chi connectivity index (χ0) is 12.8. The number of carbonyl (C=O) groups excluding carboxylic acids is 1. The molecule has 96 valence electrons. The van der Waals surface area contributed by atoms with E-state index in [0.717, 1.165) is 12.8 Å². The number of carbonyl (C=O) groups is 1. The van der Waals surface area contributed by atoms with Crippen molar-refractivity contribution in [1.29, 1.82) is 0 Å². The molecule has 2 N–H and O–H groups in total. The fourth-order valence-corrected chi connectivity index (χ4v) is 1.47. The molecule has 0 saturated carbocycles. The lowest BCUT2D eigenvalue weighted by Crippen LogP contribution is -2.13. The maximum Gasteiger partial charge on any atom is 0.227 e. The van der Waals surface area contributed by atoms with Crippen LogP contribution in [0, 0.1) is 0 Å². The van der Waals surface area contributed by atoms with Crippen molar-refractivity contribution in [2.45, 2.75) is 32.6 Å². The summed E-state index contributed by atoms with van der Waals surface area (Å²) in [7, 11) is 0. The zero-order valence-electron chi connectivity index (χ0n) is 10.1. The Morgan fingerprint density at radius 3 is 3.11 bits per heavy atom. The van der Waals surface area contributed by atoms with Gasteiger partial charge in [-0.1, -0.05) is 12.1 Å². The Bertz CT molecular complexity index is 491. The van der Waals surface area contributed by atoms with Gasteiger partial charge in [-0.25, -0.2) is 4.98 Å². The number of amides is 1. The molecule has 0 aliphatic heterocycles. The summed E-state index contributed by atoms with van der Waals surface area (Å²) in [6.45, 7) is 2.05. The Kier molecular flexibility index (Phi) is 4.06. The average Bonchev–Trinajstić information content (AvgIpc) is 2.99.